The van der Waals surface area contributed by atoms with Crippen molar-refractivity contribution in [3.63, 3.8) is 0 Å². The maximum atomic E-state index is 13.5. The Morgan fingerprint density at radius 3 is 2.22 bits per heavy atom. The van der Waals surface area contributed by atoms with Gasteiger partial charge in [-0.3, -0.25) is 0 Å². The van der Waals surface area contributed by atoms with Gasteiger partial charge in [0.15, 0.2) is 0 Å². The Morgan fingerprint density at radius 1 is 1.22 bits per heavy atom. The maximum Gasteiger partial charge on any atom is 0.265 e. The van der Waals surface area contributed by atoms with Crippen molar-refractivity contribution in [2.45, 2.75) is 42.5 Å². The first-order valence-electron chi connectivity index (χ1n) is 6.90. The molecule has 1 saturated heterocycles. The second-order valence-electron chi connectivity index (χ2n) is 7.12. The van der Waals surface area contributed by atoms with Gasteiger partial charge in [-0.05, 0) is 56.5 Å². The molecular formula is C13H20F2NPS. The fraction of sp³-hybridized carbons (Fsp3) is 1.00. The monoisotopic (exact) mass is 291 g/mol. The van der Waals surface area contributed by atoms with Crippen LogP contribution in [0.25, 0.3) is 0 Å². The highest BCUT2D eigenvalue weighted by molar-refractivity contribution is 8.00. The van der Waals surface area contributed by atoms with Gasteiger partial charge in [-0.15, -0.1) is 0 Å². The quantitative estimate of drug-likeness (QED) is 0.781. The highest BCUT2D eigenvalue weighted by atomic mass is 32.2. The van der Waals surface area contributed by atoms with Gasteiger partial charge in [0.05, 0.1) is 0 Å². The molecule has 4 saturated carbocycles. The van der Waals surface area contributed by atoms with E-state index in [1.807, 2.05) is 11.8 Å². The van der Waals surface area contributed by atoms with Crippen molar-refractivity contribution >= 4 is 21.0 Å². The van der Waals surface area contributed by atoms with E-state index >= 15 is 0 Å². The lowest BCUT2D eigenvalue weighted by Crippen LogP contribution is -2.72. The molecule has 0 radical (unpaired) electrons. The van der Waals surface area contributed by atoms with Gasteiger partial charge < -0.3 is 5.32 Å². The predicted molar refractivity (Wildman–Crippen MR) is 74.2 cm³/mol. The Labute approximate surface area is 113 Å². The van der Waals surface area contributed by atoms with Gasteiger partial charge in [-0.2, -0.15) is 11.8 Å². The van der Waals surface area contributed by atoms with Crippen molar-refractivity contribution < 1.29 is 8.78 Å². The summed E-state index contributed by atoms with van der Waals surface area (Å²) in [6.45, 7) is 2.38. The van der Waals surface area contributed by atoms with Crippen molar-refractivity contribution in [2.24, 2.45) is 16.7 Å². The first-order valence-corrected chi connectivity index (χ1v) is 8.47. The highest BCUT2D eigenvalue weighted by Gasteiger charge is 2.72. The summed E-state index contributed by atoms with van der Waals surface area (Å²) in [5.41, 5.74) is -2.61. The van der Waals surface area contributed by atoms with E-state index in [2.05, 4.69) is 5.32 Å². The van der Waals surface area contributed by atoms with Gasteiger partial charge in [0.2, 0.25) is 0 Å². The van der Waals surface area contributed by atoms with Crippen LogP contribution in [0.4, 0.5) is 8.78 Å². The lowest BCUT2D eigenvalue weighted by Gasteiger charge is -2.74. The first-order chi connectivity index (χ1) is 8.39. The van der Waals surface area contributed by atoms with Crippen molar-refractivity contribution in [1.29, 1.82) is 0 Å². The molecule has 1 unspecified atom stereocenters. The van der Waals surface area contributed by atoms with E-state index in [1.165, 1.54) is 32.4 Å². The topological polar surface area (TPSA) is 12.0 Å². The van der Waals surface area contributed by atoms with Gasteiger partial charge in [0.1, 0.15) is 0 Å². The second-order valence-corrected chi connectivity index (χ2v) is 9.29. The Hall–Kier alpha value is 0.600. The summed E-state index contributed by atoms with van der Waals surface area (Å²) < 4.78 is 27.4. The van der Waals surface area contributed by atoms with Crippen LogP contribution in [-0.4, -0.2) is 29.3 Å². The molecule has 5 fully saturated rings. The van der Waals surface area contributed by atoms with E-state index in [4.69, 9.17) is 0 Å². The smallest absolute Gasteiger partial charge is 0.265 e. The Bertz CT molecular complexity index is 367. The summed E-state index contributed by atoms with van der Waals surface area (Å²) in [5.74, 6) is 1.56. The number of rotatable bonds is 5. The number of hydrogen-bond donors (Lipinski definition) is 1. The zero-order chi connectivity index (χ0) is 12.6. The number of nitrogens with one attached hydrogen (secondary N) is 1. The molecule has 2 bridgehead atoms. The van der Waals surface area contributed by atoms with Crippen LogP contribution in [0.1, 0.15) is 32.1 Å². The van der Waals surface area contributed by atoms with Crippen LogP contribution in [0.2, 0.25) is 0 Å². The predicted octanol–water partition coefficient (Wildman–Crippen LogP) is 3.11. The van der Waals surface area contributed by atoms with E-state index in [0.29, 0.717) is 28.8 Å². The fourth-order valence-corrected chi connectivity index (χ4v) is 6.86. The average Bonchev–Trinajstić information content (AvgIpc) is 2.82. The molecule has 102 valence electrons. The third kappa shape index (κ3) is 1.52. The molecule has 1 heterocycles. The highest BCUT2D eigenvalue weighted by Crippen LogP contribution is 2.77. The van der Waals surface area contributed by atoms with E-state index in [9.17, 15) is 8.78 Å². The van der Waals surface area contributed by atoms with Crippen LogP contribution in [-0.2, 0) is 0 Å². The van der Waals surface area contributed by atoms with Gasteiger partial charge in [0.25, 0.3) is 5.66 Å². The van der Waals surface area contributed by atoms with Gasteiger partial charge in [-0.25, -0.2) is 8.78 Å². The molecule has 4 aliphatic carbocycles. The van der Waals surface area contributed by atoms with Crippen LogP contribution >= 0.6 is 21.0 Å². The summed E-state index contributed by atoms with van der Waals surface area (Å²) in [6, 6.07) is 0. The molecular weight excluding hydrogens is 271 g/mol. The molecule has 0 aromatic rings. The second kappa shape index (κ2) is 3.43. The first kappa shape index (κ1) is 12.3. The molecule has 5 heteroatoms. The van der Waals surface area contributed by atoms with Crippen LogP contribution < -0.4 is 5.32 Å². The van der Waals surface area contributed by atoms with Crippen molar-refractivity contribution in [3.8, 4) is 0 Å². The maximum absolute atomic E-state index is 13.5. The molecule has 0 aromatic heterocycles. The number of thioether (sulfide) groups is 1. The summed E-state index contributed by atoms with van der Waals surface area (Å²) in [7, 11) is 1.77. The summed E-state index contributed by atoms with van der Waals surface area (Å²) in [4.78, 5) is 0. The Morgan fingerprint density at radius 2 is 1.83 bits per heavy atom. The van der Waals surface area contributed by atoms with E-state index < -0.39 is 11.1 Å². The number of halogens is 2. The fourth-order valence-electron chi connectivity index (χ4n) is 4.09. The minimum absolute atomic E-state index is 0.404. The standard InChI is InChI=1S/C13H20F2NPS/c14-13(15,17)11(1-2-11)8-18-12-5-10(6-12,7-12)9-3-16-4-9/h9,16H,1-8,17H2. The minimum atomic E-state index is -2.56. The largest absolute Gasteiger partial charge is 0.316 e. The molecule has 0 aromatic carbocycles. The average molecular weight is 291 g/mol. The van der Waals surface area contributed by atoms with Crippen LogP contribution in [0, 0.1) is 16.7 Å². The minimum Gasteiger partial charge on any atom is -0.316 e. The summed E-state index contributed by atoms with van der Waals surface area (Å²) >= 11 is 1.86. The molecule has 1 atom stereocenters. The van der Waals surface area contributed by atoms with Gasteiger partial charge >= 0.3 is 0 Å². The van der Waals surface area contributed by atoms with E-state index in [1.54, 1.807) is 9.24 Å². The lowest BCUT2D eigenvalue weighted by molar-refractivity contribution is -0.138. The summed E-state index contributed by atoms with van der Waals surface area (Å²) in [6.07, 6.45) is 5.33. The molecule has 1 aliphatic heterocycles. The number of alkyl halides is 2. The molecule has 5 rings (SSSR count). The van der Waals surface area contributed by atoms with Crippen molar-refractivity contribution in [1.82, 2.24) is 5.32 Å². The molecule has 18 heavy (non-hydrogen) atoms. The third-order valence-corrected chi connectivity index (χ3v) is 8.24. The van der Waals surface area contributed by atoms with Gasteiger partial charge in [-0.1, -0.05) is 9.24 Å². The Kier molecular flexibility index (Phi) is 2.35. The molecule has 1 N–H and O–H groups in total. The molecule has 1 nitrogen and oxygen atoms in total. The van der Waals surface area contributed by atoms with Crippen LogP contribution in [0.3, 0.4) is 0 Å². The molecule has 0 spiro atoms. The lowest BCUT2D eigenvalue weighted by atomic mass is 9.38. The van der Waals surface area contributed by atoms with Gasteiger partial charge in [0, 0.05) is 15.9 Å². The van der Waals surface area contributed by atoms with Crippen molar-refractivity contribution in [2.75, 3.05) is 18.8 Å². The number of hydrogen-bond acceptors (Lipinski definition) is 2. The SMILES string of the molecule is FC(F)(P)C1(CSC23CC(C4CNC4)(C2)C3)CC1. The summed E-state index contributed by atoms with van der Waals surface area (Å²) in [5, 5.41) is 3.35. The zero-order valence-corrected chi connectivity index (χ0v) is 12.4. The van der Waals surface area contributed by atoms with E-state index in [-0.39, 0.29) is 0 Å². The Balaban J connectivity index is 1.31. The van der Waals surface area contributed by atoms with Crippen LogP contribution in [0.5, 0.6) is 0 Å². The zero-order valence-electron chi connectivity index (χ0n) is 10.5. The van der Waals surface area contributed by atoms with Crippen molar-refractivity contribution in [3.05, 3.63) is 0 Å². The molecule has 0 amide bonds. The molecule has 5 aliphatic rings. The van der Waals surface area contributed by atoms with Crippen LogP contribution in [0.15, 0.2) is 0 Å². The van der Waals surface area contributed by atoms with E-state index in [0.717, 1.165) is 5.92 Å². The third-order valence-electron chi connectivity index (χ3n) is 5.89. The normalized spacial score (nSPS) is 44.8.